The number of carboxylic acid groups (broad SMARTS) is 1. The molecule has 0 saturated heterocycles. The number of carboxylic acids is 1. The summed E-state index contributed by atoms with van der Waals surface area (Å²) in [5.41, 5.74) is 0.604. The third-order valence-corrected chi connectivity index (χ3v) is 2.75. The first-order chi connectivity index (χ1) is 9.47. The molecule has 0 aliphatic heterocycles. The van der Waals surface area contributed by atoms with E-state index in [-0.39, 0.29) is 23.6 Å². The van der Waals surface area contributed by atoms with Crippen LogP contribution in [-0.2, 0) is 6.54 Å². The van der Waals surface area contributed by atoms with E-state index in [1.54, 1.807) is 0 Å². The molecule has 2 aromatic rings. The third kappa shape index (κ3) is 2.97. The first-order valence-corrected chi connectivity index (χ1v) is 5.75. The van der Waals surface area contributed by atoms with Crippen LogP contribution in [0, 0.1) is 5.82 Å². The standard InChI is InChI=1S/C14H12FNO4/c15-9-1-4-12(17)8(5-9)7-16-10-2-3-11(14(19)20)13(18)6-10/h1-6,16-18H,7H2,(H,19,20). The largest absolute Gasteiger partial charge is 0.508 e. The van der Waals surface area contributed by atoms with Crippen LogP contribution >= 0.6 is 0 Å². The maximum absolute atomic E-state index is 13.0. The Hall–Kier alpha value is -2.76. The monoisotopic (exact) mass is 277 g/mol. The molecule has 0 bridgehead atoms. The van der Waals surface area contributed by atoms with Gasteiger partial charge in [0.25, 0.3) is 0 Å². The summed E-state index contributed by atoms with van der Waals surface area (Å²) in [5.74, 6) is -2.11. The molecule has 0 unspecified atom stereocenters. The van der Waals surface area contributed by atoms with Gasteiger partial charge in [0, 0.05) is 23.9 Å². The Bertz CT molecular complexity index is 658. The zero-order valence-electron chi connectivity index (χ0n) is 10.3. The lowest BCUT2D eigenvalue weighted by Crippen LogP contribution is -2.02. The lowest BCUT2D eigenvalue weighted by molar-refractivity contribution is 0.0694. The van der Waals surface area contributed by atoms with Crippen LogP contribution in [0.15, 0.2) is 36.4 Å². The molecule has 5 nitrogen and oxygen atoms in total. The van der Waals surface area contributed by atoms with Gasteiger partial charge in [-0.3, -0.25) is 0 Å². The minimum atomic E-state index is -1.23. The van der Waals surface area contributed by atoms with Crippen molar-refractivity contribution in [2.45, 2.75) is 6.54 Å². The van der Waals surface area contributed by atoms with Crippen LogP contribution < -0.4 is 5.32 Å². The quantitative estimate of drug-likeness (QED) is 0.689. The fraction of sp³-hybridized carbons (Fsp3) is 0.0714. The highest BCUT2D eigenvalue weighted by molar-refractivity contribution is 5.91. The molecule has 0 radical (unpaired) electrons. The molecule has 0 heterocycles. The number of nitrogens with one attached hydrogen (secondary N) is 1. The number of aromatic carboxylic acids is 1. The highest BCUT2D eigenvalue weighted by Crippen LogP contribution is 2.24. The fourth-order valence-corrected chi connectivity index (χ4v) is 1.72. The molecule has 4 N–H and O–H groups in total. The molecule has 2 aromatic carbocycles. The van der Waals surface area contributed by atoms with Gasteiger partial charge >= 0.3 is 5.97 Å². The SMILES string of the molecule is O=C(O)c1ccc(NCc2cc(F)ccc2O)cc1O. The summed E-state index contributed by atoms with van der Waals surface area (Å²) in [6, 6.07) is 7.56. The van der Waals surface area contributed by atoms with Gasteiger partial charge in [0.05, 0.1) is 0 Å². The molecule has 0 aliphatic rings. The first-order valence-electron chi connectivity index (χ1n) is 5.75. The molecule has 20 heavy (non-hydrogen) atoms. The number of hydrogen-bond donors (Lipinski definition) is 4. The van der Waals surface area contributed by atoms with Crippen molar-refractivity contribution < 1.29 is 24.5 Å². The van der Waals surface area contributed by atoms with E-state index < -0.39 is 11.8 Å². The minimum absolute atomic E-state index is 0.0507. The molecule has 104 valence electrons. The molecule has 0 spiro atoms. The van der Waals surface area contributed by atoms with Gasteiger partial charge in [0.1, 0.15) is 22.9 Å². The highest BCUT2D eigenvalue weighted by atomic mass is 19.1. The van der Waals surface area contributed by atoms with Crippen LogP contribution in [0.3, 0.4) is 0 Å². The van der Waals surface area contributed by atoms with E-state index >= 15 is 0 Å². The smallest absolute Gasteiger partial charge is 0.339 e. The van der Waals surface area contributed by atoms with Gasteiger partial charge in [-0.05, 0) is 30.3 Å². The number of halogens is 1. The Morgan fingerprint density at radius 1 is 1.10 bits per heavy atom. The first kappa shape index (κ1) is 13.7. The molecule has 6 heteroatoms. The number of anilines is 1. The minimum Gasteiger partial charge on any atom is -0.508 e. The molecule has 0 amide bonds. The second-order valence-corrected chi connectivity index (χ2v) is 4.16. The molecule has 0 saturated carbocycles. The number of aromatic hydroxyl groups is 2. The van der Waals surface area contributed by atoms with E-state index in [1.807, 2.05) is 0 Å². The summed E-state index contributed by atoms with van der Waals surface area (Å²) in [6.07, 6.45) is 0. The summed E-state index contributed by atoms with van der Waals surface area (Å²) >= 11 is 0. The van der Waals surface area contributed by atoms with Crippen molar-refractivity contribution in [3.05, 3.63) is 53.3 Å². The fourth-order valence-electron chi connectivity index (χ4n) is 1.72. The van der Waals surface area contributed by atoms with E-state index in [9.17, 15) is 19.4 Å². The lowest BCUT2D eigenvalue weighted by Gasteiger charge is -2.09. The van der Waals surface area contributed by atoms with Gasteiger partial charge < -0.3 is 20.6 Å². The predicted octanol–water partition coefficient (Wildman–Crippen LogP) is 2.55. The van der Waals surface area contributed by atoms with Crippen LogP contribution in [0.25, 0.3) is 0 Å². The van der Waals surface area contributed by atoms with Gasteiger partial charge in [-0.25, -0.2) is 9.18 Å². The van der Waals surface area contributed by atoms with Gasteiger partial charge in [0.15, 0.2) is 0 Å². The van der Waals surface area contributed by atoms with E-state index in [2.05, 4.69) is 5.32 Å². The Labute approximate surface area is 113 Å². The Morgan fingerprint density at radius 2 is 1.85 bits per heavy atom. The second kappa shape index (κ2) is 5.48. The zero-order valence-corrected chi connectivity index (χ0v) is 10.3. The normalized spacial score (nSPS) is 10.2. The van der Waals surface area contributed by atoms with E-state index in [4.69, 9.17) is 5.11 Å². The molecule has 0 aromatic heterocycles. The van der Waals surface area contributed by atoms with Crippen LogP contribution in [-0.4, -0.2) is 21.3 Å². The van der Waals surface area contributed by atoms with Crippen LogP contribution in [0.1, 0.15) is 15.9 Å². The van der Waals surface area contributed by atoms with Gasteiger partial charge in [-0.1, -0.05) is 0 Å². The number of phenolic OH excluding ortho intramolecular Hbond substituents is 1. The lowest BCUT2D eigenvalue weighted by atomic mass is 10.1. The van der Waals surface area contributed by atoms with E-state index in [0.29, 0.717) is 11.3 Å². The summed E-state index contributed by atoms with van der Waals surface area (Å²) in [6.45, 7) is 0.134. The average Bonchev–Trinajstić information content (AvgIpc) is 2.39. The molecule has 0 fully saturated rings. The zero-order chi connectivity index (χ0) is 14.7. The van der Waals surface area contributed by atoms with Gasteiger partial charge in [-0.15, -0.1) is 0 Å². The average molecular weight is 277 g/mol. The maximum Gasteiger partial charge on any atom is 0.339 e. The molecular weight excluding hydrogens is 265 g/mol. The van der Waals surface area contributed by atoms with E-state index in [0.717, 1.165) is 6.07 Å². The van der Waals surface area contributed by atoms with Crippen molar-refractivity contribution in [2.75, 3.05) is 5.32 Å². The molecule has 0 atom stereocenters. The topological polar surface area (TPSA) is 89.8 Å². The summed E-state index contributed by atoms with van der Waals surface area (Å²) in [4.78, 5) is 10.7. The Kier molecular flexibility index (Phi) is 3.74. The van der Waals surface area contributed by atoms with Crippen molar-refractivity contribution in [1.29, 1.82) is 0 Å². The summed E-state index contributed by atoms with van der Waals surface area (Å²) in [7, 11) is 0. The number of carbonyl (C=O) groups is 1. The maximum atomic E-state index is 13.0. The van der Waals surface area contributed by atoms with Crippen LogP contribution in [0.5, 0.6) is 11.5 Å². The third-order valence-electron chi connectivity index (χ3n) is 2.75. The summed E-state index contributed by atoms with van der Waals surface area (Å²) in [5, 5.41) is 30.7. The molecular formula is C14H12FNO4. The van der Waals surface area contributed by atoms with Gasteiger partial charge in [-0.2, -0.15) is 0 Å². The highest BCUT2D eigenvalue weighted by Gasteiger charge is 2.10. The number of rotatable bonds is 4. The molecule has 0 aliphatic carbocycles. The predicted molar refractivity (Wildman–Crippen MR) is 70.5 cm³/mol. The van der Waals surface area contributed by atoms with Crippen LogP contribution in [0.4, 0.5) is 10.1 Å². The number of benzene rings is 2. The van der Waals surface area contributed by atoms with Crippen LogP contribution in [0.2, 0.25) is 0 Å². The van der Waals surface area contributed by atoms with Crippen molar-refractivity contribution in [3.8, 4) is 11.5 Å². The molecule has 2 rings (SSSR count). The Balaban J connectivity index is 2.13. The summed E-state index contributed by atoms with van der Waals surface area (Å²) < 4.78 is 13.0. The number of hydrogen-bond acceptors (Lipinski definition) is 4. The van der Waals surface area contributed by atoms with Crippen molar-refractivity contribution in [1.82, 2.24) is 0 Å². The number of phenols is 2. The van der Waals surface area contributed by atoms with Crippen molar-refractivity contribution in [3.63, 3.8) is 0 Å². The van der Waals surface area contributed by atoms with Gasteiger partial charge in [0.2, 0.25) is 0 Å². The Morgan fingerprint density at radius 3 is 2.50 bits per heavy atom. The second-order valence-electron chi connectivity index (χ2n) is 4.16. The van der Waals surface area contributed by atoms with E-state index in [1.165, 1.54) is 30.3 Å². The van der Waals surface area contributed by atoms with Crippen molar-refractivity contribution >= 4 is 11.7 Å². The van der Waals surface area contributed by atoms with Crippen molar-refractivity contribution in [2.24, 2.45) is 0 Å².